The van der Waals surface area contributed by atoms with Gasteiger partial charge in [-0.1, -0.05) is 48.2 Å². The molecule has 4 aromatic rings. The van der Waals surface area contributed by atoms with E-state index >= 15 is 0 Å². The maximum absolute atomic E-state index is 4.24. The highest BCUT2D eigenvalue weighted by molar-refractivity contribution is 5.67. The van der Waals surface area contributed by atoms with E-state index in [9.17, 15) is 0 Å². The lowest BCUT2D eigenvalue weighted by Gasteiger charge is -2.03. The van der Waals surface area contributed by atoms with Gasteiger partial charge in [0, 0.05) is 23.5 Å². The average Bonchev–Trinajstić information content (AvgIpc) is 2.78. The van der Waals surface area contributed by atoms with Crippen molar-refractivity contribution < 1.29 is 0 Å². The summed E-state index contributed by atoms with van der Waals surface area (Å²) in [4.78, 5) is 8.48. The normalized spacial score (nSPS) is 9.57. The average molecular weight is 356 g/mol. The second-order valence-corrected chi connectivity index (χ2v) is 6.09. The Hall–Kier alpha value is -4.14. The molecule has 28 heavy (non-hydrogen) atoms. The Morgan fingerprint density at radius 2 is 0.964 bits per heavy atom. The topological polar surface area (TPSA) is 25.8 Å². The quantitative estimate of drug-likeness (QED) is 0.451. The highest BCUT2D eigenvalue weighted by Crippen LogP contribution is 2.21. The first kappa shape index (κ1) is 17.3. The SMILES string of the molecule is C(#Cc1ccccn1)c1cccc(-c2cccc(C#Cc3ccccn3)c2)c1. The smallest absolute Gasteiger partial charge is 0.113 e. The van der Waals surface area contributed by atoms with E-state index in [-0.39, 0.29) is 0 Å². The van der Waals surface area contributed by atoms with Crippen LogP contribution in [0.3, 0.4) is 0 Å². The van der Waals surface area contributed by atoms with E-state index in [4.69, 9.17) is 0 Å². The second-order valence-electron chi connectivity index (χ2n) is 6.09. The third kappa shape index (κ3) is 4.52. The van der Waals surface area contributed by atoms with Gasteiger partial charge in [0.05, 0.1) is 0 Å². The maximum Gasteiger partial charge on any atom is 0.113 e. The number of pyridine rings is 2. The zero-order valence-corrected chi connectivity index (χ0v) is 15.1. The number of nitrogens with zero attached hydrogens (tertiary/aromatic N) is 2. The van der Waals surface area contributed by atoms with Crippen LogP contribution in [0, 0.1) is 23.7 Å². The van der Waals surface area contributed by atoms with Crippen LogP contribution in [0.2, 0.25) is 0 Å². The van der Waals surface area contributed by atoms with Crippen molar-refractivity contribution in [1.82, 2.24) is 9.97 Å². The molecule has 0 aliphatic carbocycles. The van der Waals surface area contributed by atoms with Crippen LogP contribution in [0.5, 0.6) is 0 Å². The van der Waals surface area contributed by atoms with E-state index in [1.807, 2.05) is 60.7 Å². The third-order valence-electron chi connectivity index (χ3n) is 4.06. The molecule has 0 radical (unpaired) electrons. The van der Waals surface area contributed by atoms with Crippen LogP contribution in [-0.4, -0.2) is 9.97 Å². The van der Waals surface area contributed by atoms with Gasteiger partial charge < -0.3 is 0 Å². The summed E-state index contributed by atoms with van der Waals surface area (Å²) in [5, 5.41) is 0. The molecule has 0 spiro atoms. The summed E-state index contributed by atoms with van der Waals surface area (Å²) >= 11 is 0. The molecule has 2 heterocycles. The van der Waals surface area contributed by atoms with Gasteiger partial charge in [0.1, 0.15) is 11.4 Å². The van der Waals surface area contributed by atoms with Gasteiger partial charge in [-0.25, -0.2) is 9.97 Å². The lowest BCUT2D eigenvalue weighted by Crippen LogP contribution is -1.84. The predicted octanol–water partition coefficient (Wildman–Crippen LogP) is 4.94. The zero-order valence-electron chi connectivity index (χ0n) is 15.1. The van der Waals surface area contributed by atoms with Crippen LogP contribution in [0.4, 0.5) is 0 Å². The summed E-state index contributed by atoms with van der Waals surface area (Å²) in [6, 6.07) is 27.8. The maximum atomic E-state index is 4.24. The van der Waals surface area contributed by atoms with Crippen molar-refractivity contribution in [3.05, 3.63) is 120 Å². The lowest BCUT2D eigenvalue weighted by atomic mass is 10.0. The van der Waals surface area contributed by atoms with Crippen LogP contribution in [0.25, 0.3) is 11.1 Å². The molecular weight excluding hydrogens is 340 g/mol. The van der Waals surface area contributed by atoms with Crippen LogP contribution in [0.15, 0.2) is 97.3 Å². The Bertz CT molecular complexity index is 1110. The van der Waals surface area contributed by atoms with Gasteiger partial charge in [-0.2, -0.15) is 0 Å². The summed E-state index contributed by atoms with van der Waals surface area (Å²) in [5.41, 5.74) is 5.64. The number of hydrogen-bond donors (Lipinski definition) is 0. The first-order valence-electron chi connectivity index (χ1n) is 8.93. The minimum absolute atomic E-state index is 0.764. The van der Waals surface area contributed by atoms with E-state index in [1.54, 1.807) is 12.4 Å². The standard InChI is InChI=1S/C26H16N2/c1-3-17-27-25(11-1)15-13-21-7-5-9-23(19-21)24-10-6-8-22(20-24)14-16-26-12-2-4-18-28-26/h1-12,17-20H. The molecule has 0 saturated carbocycles. The van der Waals surface area contributed by atoms with Crippen molar-refractivity contribution in [2.45, 2.75) is 0 Å². The molecule has 0 fully saturated rings. The molecule has 2 aromatic heterocycles. The van der Waals surface area contributed by atoms with Gasteiger partial charge in [-0.05, 0) is 71.5 Å². The highest BCUT2D eigenvalue weighted by Gasteiger charge is 1.99. The number of rotatable bonds is 1. The summed E-state index contributed by atoms with van der Waals surface area (Å²) in [6.07, 6.45) is 3.50. The molecule has 2 aromatic carbocycles. The monoisotopic (exact) mass is 356 g/mol. The second kappa shape index (κ2) is 8.49. The minimum Gasteiger partial charge on any atom is -0.248 e. The number of benzene rings is 2. The molecule has 0 saturated heterocycles. The Labute approximate surface area is 165 Å². The van der Waals surface area contributed by atoms with Crippen molar-refractivity contribution in [3.63, 3.8) is 0 Å². The van der Waals surface area contributed by atoms with E-state index in [0.29, 0.717) is 0 Å². The van der Waals surface area contributed by atoms with Crippen molar-refractivity contribution in [2.24, 2.45) is 0 Å². The molecule has 0 atom stereocenters. The predicted molar refractivity (Wildman–Crippen MR) is 112 cm³/mol. The number of hydrogen-bond acceptors (Lipinski definition) is 2. The van der Waals surface area contributed by atoms with Gasteiger partial charge in [0.2, 0.25) is 0 Å². The molecule has 0 N–H and O–H groups in total. The van der Waals surface area contributed by atoms with Crippen LogP contribution in [0.1, 0.15) is 22.5 Å². The van der Waals surface area contributed by atoms with E-state index in [2.05, 4.69) is 57.9 Å². The van der Waals surface area contributed by atoms with Crippen molar-refractivity contribution >= 4 is 0 Å². The van der Waals surface area contributed by atoms with E-state index < -0.39 is 0 Å². The molecule has 2 heteroatoms. The largest absolute Gasteiger partial charge is 0.248 e. The fraction of sp³-hybridized carbons (Fsp3) is 0. The molecule has 0 bridgehead atoms. The zero-order chi connectivity index (χ0) is 19.0. The Kier molecular flexibility index (Phi) is 5.24. The molecule has 0 unspecified atom stereocenters. The Morgan fingerprint density at radius 3 is 1.39 bits per heavy atom. The molecule has 130 valence electrons. The summed E-state index contributed by atoms with van der Waals surface area (Å²) in [5.74, 6) is 12.6. The minimum atomic E-state index is 0.764. The van der Waals surface area contributed by atoms with Crippen molar-refractivity contribution in [3.8, 4) is 34.8 Å². The summed E-state index contributed by atoms with van der Waals surface area (Å²) < 4.78 is 0. The van der Waals surface area contributed by atoms with Gasteiger partial charge in [0.15, 0.2) is 0 Å². The van der Waals surface area contributed by atoms with Gasteiger partial charge in [0.25, 0.3) is 0 Å². The van der Waals surface area contributed by atoms with Gasteiger partial charge in [-0.15, -0.1) is 0 Å². The highest BCUT2D eigenvalue weighted by atomic mass is 14.6. The summed E-state index contributed by atoms with van der Waals surface area (Å²) in [6.45, 7) is 0. The summed E-state index contributed by atoms with van der Waals surface area (Å²) in [7, 11) is 0. The Morgan fingerprint density at radius 1 is 0.464 bits per heavy atom. The van der Waals surface area contributed by atoms with Crippen molar-refractivity contribution in [1.29, 1.82) is 0 Å². The van der Waals surface area contributed by atoms with E-state index in [0.717, 1.165) is 33.6 Å². The lowest BCUT2D eigenvalue weighted by molar-refractivity contribution is 1.29. The molecule has 0 amide bonds. The molecule has 4 rings (SSSR count). The van der Waals surface area contributed by atoms with E-state index in [1.165, 1.54) is 0 Å². The van der Waals surface area contributed by atoms with Gasteiger partial charge in [-0.3, -0.25) is 0 Å². The third-order valence-corrected chi connectivity index (χ3v) is 4.06. The van der Waals surface area contributed by atoms with Gasteiger partial charge >= 0.3 is 0 Å². The molecular formula is C26H16N2. The van der Waals surface area contributed by atoms with Crippen LogP contribution >= 0.6 is 0 Å². The van der Waals surface area contributed by atoms with Crippen LogP contribution in [-0.2, 0) is 0 Å². The Balaban J connectivity index is 1.60. The van der Waals surface area contributed by atoms with Crippen LogP contribution < -0.4 is 0 Å². The first-order valence-corrected chi connectivity index (χ1v) is 8.93. The fourth-order valence-electron chi connectivity index (χ4n) is 2.70. The molecule has 0 aliphatic heterocycles. The molecule has 0 aliphatic rings. The van der Waals surface area contributed by atoms with Crippen molar-refractivity contribution in [2.75, 3.05) is 0 Å². The number of aromatic nitrogens is 2. The molecule has 2 nitrogen and oxygen atoms in total. The first-order chi connectivity index (χ1) is 13.9. The fourth-order valence-corrected chi connectivity index (χ4v) is 2.70.